The van der Waals surface area contributed by atoms with Gasteiger partial charge in [-0.3, -0.25) is 4.98 Å². The first-order valence-corrected chi connectivity index (χ1v) is 9.75. The van der Waals surface area contributed by atoms with Gasteiger partial charge in [-0.1, -0.05) is 30.3 Å². The number of nitriles is 1. The van der Waals surface area contributed by atoms with Crippen LogP contribution < -0.4 is 5.43 Å². The van der Waals surface area contributed by atoms with E-state index in [1.54, 1.807) is 6.33 Å². The molecule has 5 rings (SSSR count). The maximum absolute atomic E-state index is 9.71. The molecule has 1 aliphatic rings. The maximum atomic E-state index is 9.71. The Morgan fingerprint density at radius 1 is 1.10 bits per heavy atom. The van der Waals surface area contributed by atoms with Crippen molar-refractivity contribution in [2.24, 2.45) is 5.10 Å². The summed E-state index contributed by atoms with van der Waals surface area (Å²) in [5.74, 6) is -0.176. The van der Waals surface area contributed by atoms with Gasteiger partial charge in [0.1, 0.15) is 12.0 Å². The van der Waals surface area contributed by atoms with E-state index in [1.807, 2.05) is 49.1 Å². The van der Waals surface area contributed by atoms with Gasteiger partial charge in [0.15, 0.2) is 0 Å². The molecular weight excluding hydrogens is 374 g/mol. The van der Waals surface area contributed by atoms with Gasteiger partial charge in [0.05, 0.1) is 17.2 Å². The van der Waals surface area contributed by atoms with Gasteiger partial charge in [-0.15, -0.1) is 0 Å². The molecule has 0 spiro atoms. The number of fused-ring (bicyclic) bond motifs is 1. The second-order valence-electron chi connectivity index (χ2n) is 7.38. The van der Waals surface area contributed by atoms with Crippen LogP contribution in [0.25, 0.3) is 22.2 Å². The van der Waals surface area contributed by atoms with Crippen LogP contribution in [-0.4, -0.2) is 32.7 Å². The first kappa shape index (κ1) is 18.0. The third kappa shape index (κ3) is 2.90. The molecule has 1 aliphatic heterocycles. The molecule has 3 aromatic heterocycles. The van der Waals surface area contributed by atoms with Crippen LogP contribution in [0.5, 0.6) is 0 Å². The smallest absolute Gasteiger partial charge is 0.140 e. The highest BCUT2D eigenvalue weighted by Crippen LogP contribution is 2.43. The summed E-state index contributed by atoms with van der Waals surface area (Å²) in [4.78, 5) is 16.6. The van der Waals surface area contributed by atoms with Crippen molar-refractivity contribution in [1.29, 1.82) is 5.26 Å². The minimum atomic E-state index is -0.587. The lowest BCUT2D eigenvalue weighted by Crippen LogP contribution is -2.40. The molecule has 7 nitrogen and oxygen atoms in total. The number of pyridine rings is 1. The number of aromatic nitrogens is 4. The van der Waals surface area contributed by atoms with Crippen molar-refractivity contribution in [2.45, 2.75) is 17.8 Å². The molecule has 1 aromatic carbocycles. The van der Waals surface area contributed by atoms with Crippen LogP contribution in [0.1, 0.15) is 23.6 Å². The topological polar surface area (TPSA) is 103 Å². The number of nitrogens with zero attached hydrogens (tertiary/aromatic N) is 5. The Morgan fingerprint density at radius 2 is 2.00 bits per heavy atom. The molecule has 0 amide bonds. The lowest BCUT2D eigenvalue weighted by atomic mass is 9.69. The molecule has 0 radical (unpaired) electrons. The van der Waals surface area contributed by atoms with Crippen molar-refractivity contribution in [1.82, 2.24) is 25.4 Å². The fraction of sp³-hybridized carbons (Fsp3) is 0.174. The molecule has 4 heterocycles. The number of benzene rings is 1. The van der Waals surface area contributed by atoms with Crippen molar-refractivity contribution in [3.63, 3.8) is 0 Å². The van der Waals surface area contributed by atoms with Gasteiger partial charge in [-0.2, -0.15) is 10.4 Å². The van der Waals surface area contributed by atoms with Crippen molar-refractivity contribution in [3.05, 3.63) is 78.6 Å². The molecule has 7 heteroatoms. The zero-order chi connectivity index (χ0) is 20.4. The summed E-state index contributed by atoms with van der Waals surface area (Å²) in [5, 5.41) is 15.0. The van der Waals surface area contributed by atoms with Gasteiger partial charge in [0.2, 0.25) is 0 Å². The number of hydrogen-bond donors (Lipinski definition) is 2. The predicted molar refractivity (Wildman–Crippen MR) is 115 cm³/mol. The van der Waals surface area contributed by atoms with E-state index in [4.69, 9.17) is 0 Å². The van der Waals surface area contributed by atoms with Crippen LogP contribution in [-0.2, 0) is 5.41 Å². The number of H-pyrrole nitrogens is 1. The molecule has 0 saturated heterocycles. The van der Waals surface area contributed by atoms with Gasteiger partial charge in [-0.25, -0.2) is 9.97 Å². The fourth-order valence-electron chi connectivity index (χ4n) is 4.27. The normalized spacial score (nSPS) is 18.8. The third-order valence-electron chi connectivity index (χ3n) is 5.74. The largest absolute Gasteiger partial charge is 0.346 e. The fourth-order valence-corrected chi connectivity index (χ4v) is 4.27. The second-order valence-corrected chi connectivity index (χ2v) is 7.38. The summed E-state index contributed by atoms with van der Waals surface area (Å²) in [6.45, 7) is 0.548. The van der Waals surface area contributed by atoms with Gasteiger partial charge < -0.3 is 10.4 Å². The number of rotatable bonds is 5. The molecule has 0 saturated carbocycles. The average Bonchev–Trinajstić information content (AvgIpc) is 3.48. The zero-order valence-electron chi connectivity index (χ0n) is 16.2. The average molecular weight is 393 g/mol. The molecule has 2 unspecified atom stereocenters. The SMILES string of the molecule is N#CCC(c1cncc(-c2ccccc2)c1)C1(c2ncnc3[nH]ccc23)C=NNC1. The minimum Gasteiger partial charge on any atom is -0.346 e. The summed E-state index contributed by atoms with van der Waals surface area (Å²) in [7, 11) is 0. The van der Waals surface area contributed by atoms with E-state index in [0.717, 1.165) is 33.4 Å². The summed E-state index contributed by atoms with van der Waals surface area (Å²) in [6.07, 6.45) is 9.31. The van der Waals surface area contributed by atoms with E-state index in [9.17, 15) is 5.26 Å². The third-order valence-corrected chi connectivity index (χ3v) is 5.74. The van der Waals surface area contributed by atoms with Crippen molar-refractivity contribution in [3.8, 4) is 17.2 Å². The molecule has 30 heavy (non-hydrogen) atoms. The quantitative estimate of drug-likeness (QED) is 0.540. The lowest BCUT2D eigenvalue weighted by molar-refractivity contribution is 0.457. The van der Waals surface area contributed by atoms with Crippen molar-refractivity contribution in [2.75, 3.05) is 6.54 Å². The van der Waals surface area contributed by atoms with Crippen LogP contribution in [0.2, 0.25) is 0 Å². The van der Waals surface area contributed by atoms with Crippen LogP contribution in [0.4, 0.5) is 0 Å². The van der Waals surface area contributed by atoms with Crippen LogP contribution in [0.3, 0.4) is 0 Å². The van der Waals surface area contributed by atoms with E-state index in [0.29, 0.717) is 13.0 Å². The zero-order valence-corrected chi connectivity index (χ0v) is 16.2. The predicted octanol–water partition coefficient (Wildman–Crippen LogP) is 3.54. The molecular formula is C23H19N7. The van der Waals surface area contributed by atoms with E-state index < -0.39 is 5.41 Å². The Hall–Kier alpha value is -4.05. The van der Waals surface area contributed by atoms with Gasteiger partial charge in [-0.05, 0) is 23.3 Å². The molecule has 146 valence electrons. The maximum Gasteiger partial charge on any atom is 0.140 e. The summed E-state index contributed by atoms with van der Waals surface area (Å²) in [6, 6.07) is 16.6. The van der Waals surface area contributed by atoms with Crippen molar-refractivity contribution < 1.29 is 0 Å². The van der Waals surface area contributed by atoms with E-state index in [-0.39, 0.29) is 5.92 Å². The highest BCUT2D eigenvalue weighted by molar-refractivity contribution is 5.87. The summed E-state index contributed by atoms with van der Waals surface area (Å²) < 4.78 is 0. The second kappa shape index (κ2) is 7.41. The Balaban J connectivity index is 1.67. The standard InChI is InChI=1S/C23H19N7/c24-8-6-20(18-10-17(11-25-12-18)16-4-2-1-3-5-16)23(13-29-30-14-23)21-19-7-9-26-22(19)28-15-27-21/h1-5,7,9-13,15,20,30H,6,14H2,(H,26,27,28). The first-order valence-electron chi connectivity index (χ1n) is 9.75. The van der Waals surface area contributed by atoms with E-state index in [2.05, 4.69) is 54.7 Å². The number of hydrazone groups is 1. The molecule has 0 aliphatic carbocycles. The highest BCUT2D eigenvalue weighted by atomic mass is 15.3. The number of aromatic amines is 1. The van der Waals surface area contributed by atoms with E-state index in [1.165, 1.54) is 0 Å². The Morgan fingerprint density at radius 3 is 2.80 bits per heavy atom. The number of nitrogens with one attached hydrogen (secondary N) is 2. The lowest BCUT2D eigenvalue weighted by Gasteiger charge is -2.33. The van der Waals surface area contributed by atoms with Gasteiger partial charge in [0, 0.05) is 54.6 Å². The number of hydrogen-bond acceptors (Lipinski definition) is 6. The van der Waals surface area contributed by atoms with Crippen LogP contribution in [0, 0.1) is 11.3 Å². The summed E-state index contributed by atoms with van der Waals surface area (Å²) >= 11 is 0. The Labute approximate surface area is 173 Å². The Bertz CT molecular complexity index is 1260. The van der Waals surface area contributed by atoms with Crippen LogP contribution in [0.15, 0.2) is 72.5 Å². The first-order chi connectivity index (χ1) is 14.8. The molecule has 2 N–H and O–H groups in total. The van der Waals surface area contributed by atoms with Crippen molar-refractivity contribution >= 4 is 17.2 Å². The molecule has 0 fully saturated rings. The summed E-state index contributed by atoms with van der Waals surface area (Å²) in [5.41, 5.74) is 7.22. The van der Waals surface area contributed by atoms with Gasteiger partial charge >= 0.3 is 0 Å². The molecule has 4 aromatic rings. The van der Waals surface area contributed by atoms with E-state index >= 15 is 0 Å². The molecule has 2 atom stereocenters. The monoisotopic (exact) mass is 393 g/mol. The Kier molecular flexibility index (Phi) is 4.45. The molecule has 0 bridgehead atoms. The minimum absolute atomic E-state index is 0.176. The van der Waals surface area contributed by atoms with Gasteiger partial charge in [0.25, 0.3) is 0 Å². The van der Waals surface area contributed by atoms with Crippen LogP contribution >= 0.6 is 0 Å². The highest BCUT2D eigenvalue weighted by Gasteiger charge is 2.45.